The Balaban J connectivity index is 1.78. The molecule has 1 fully saturated rings. The van der Waals surface area contributed by atoms with E-state index in [2.05, 4.69) is 15.8 Å². The van der Waals surface area contributed by atoms with Gasteiger partial charge in [0.2, 0.25) is 0 Å². The first kappa shape index (κ1) is 20.1. The molecule has 0 bridgehead atoms. The zero-order chi connectivity index (χ0) is 18.9. The van der Waals surface area contributed by atoms with Gasteiger partial charge in [0.15, 0.2) is 11.7 Å². The number of amides is 1. The summed E-state index contributed by atoms with van der Waals surface area (Å²) in [7, 11) is 3.39. The molecule has 1 amide bonds. The number of nitrogens with one attached hydrogen (secondary N) is 2. The van der Waals surface area contributed by atoms with E-state index in [1.807, 2.05) is 31.2 Å². The van der Waals surface area contributed by atoms with Crippen LogP contribution < -0.4 is 15.5 Å². The molecule has 8 heteroatoms. The molecule has 142 valence electrons. The van der Waals surface area contributed by atoms with Crippen LogP contribution in [0.3, 0.4) is 0 Å². The predicted octanol–water partition coefficient (Wildman–Crippen LogP) is 1.52. The number of hydrogen-bond donors (Lipinski definition) is 2. The maximum atomic E-state index is 11.5. The van der Waals surface area contributed by atoms with E-state index in [1.54, 1.807) is 14.1 Å². The average Bonchev–Trinajstić information content (AvgIpc) is 3.16. The van der Waals surface area contributed by atoms with Crippen LogP contribution in [0, 0.1) is 0 Å². The third-order valence-electron chi connectivity index (χ3n) is 3.97. The highest BCUT2D eigenvalue weighted by Crippen LogP contribution is 2.13. The fourth-order valence-electron chi connectivity index (χ4n) is 2.32. The first-order valence-corrected chi connectivity index (χ1v) is 8.99. The summed E-state index contributed by atoms with van der Waals surface area (Å²) in [5, 5.41) is 7.87. The number of hydrogen-bond acceptors (Lipinski definition) is 5. The van der Waals surface area contributed by atoms with E-state index >= 15 is 0 Å². The number of nitrogens with zero attached hydrogens (tertiary/aromatic N) is 2. The molecule has 1 aromatic carbocycles. The van der Waals surface area contributed by atoms with Gasteiger partial charge in [-0.3, -0.25) is 10.2 Å². The highest BCUT2D eigenvalue weighted by atomic mass is 32.1. The smallest absolute Gasteiger partial charge is 0.259 e. The fourth-order valence-corrected chi connectivity index (χ4v) is 2.45. The predicted molar refractivity (Wildman–Crippen MR) is 106 cm³/mol. The molecule has 2 rings (SSSR count). The maximum absolute atomic E-state index is 11.5. The van der Waals surface area contributed by atoms with Crippen molar-refractivity contribution < 1.29 is 14.3 Å². The third-order valence-corrected chi connectivity index (χ3v) is 4.21. The first-order valence-electron chi connectivity index (χ1n) is 8.59. The van der Waals surface area contributed by atoms with Gasteiger partial charge in [0.25, 0.3) is 5.91 Å². The topological polar surface area (TPSA) is 75.2 Å². The normalized spacial score (nSPS) is 16.9. The van der Waals surface area contributed by atoms with Crippen LogP contribution >= 0.6 is 12.2 Å². The first-order chi connectivity index (χ1) is 12.5. The maximum Gasteiger partial charge on any atom is 0.259 e. The van der Waals surface area contributed by atoms with Crippen molar-refractivity contribution in [3.8, 4) is 5.75 Å². The Hall–Kier alpha value is -2.19. The molecule has 1 aliphatic heterocycles. The Labute approximate surface area is 159 Å². The van der Waals surface area contributed by atoms with Gasteiger partial charge in [-0.2, -0.15) is 5.10 Å². The number of ether oxygens (including phenoxy) is 2. The lowest BCUT2D eigenvalue weighted by Gasteiger charge is -2.12. The average molecular weight is 378 g/mol. The molecule has 1 saturated heterocycles. The third kappa shape index (κ3) is 6.61. The minimum Gasteiger partial charge on any atom is -0.484 e. The van der Waals surface area contributed by atoms with Gasteiger partial charge in [0.05, 0.1) is 11.8 Å². The Kier molecular flexibility index (Phi) is 7.80. The van der Waals surface area contributed by atoms with Crippen LogP contribution in [0.2, 0.25) is 0 Å². The van der Waals surface area contributed by atoms with Crippen molar-refractivity contribution in [1.29, 1.82) is 0 Å². The standard InChI is InChI=1S/C18H26N4O3S/c1-13(20-21-18(26)19-11-16-5-4-10-24-16)14-6-8-15(9-7-14)25-12-17(23)22(2)3/h6-9,16H,4-5,10-12H2,1-3H3,(H2,19,21,26). The summed E-state index contributed by atoms with van der Waals surface area (Å²) in [6, 6.07) is 7.40. The van der Waals surface area contributed by atoms with E-state index < -0.39 is 0 Å². The minimum atomic E-state index is -0.0833. The van der Waals surface area contributed by atoms with Crippen molar-refractivity contribution in [3.63, 3.8) is 0 Å². The number of benzene rings is 1. The molecule has 1 aromatic rings. The molecule has 1 unspecified atom stereocenters. The molecular weight excluding hydrogens is 352 g/mol. The molecule has 2 N–H and O–H groups in total. The van der Waals surface area contributed by atoms with Crippen LogP contribution in [0.1, 0.15) is 25.3 Å². The molecule has 0 spiro atoms. The number of hydrazone groups is 1. The summed E-state index contributed by atoms with van der Waals surface area (Å²) in [6.07, 6.45) is 2.39. The number of carbonyl (C=O) groups excluding carboxylic acids is 1. The molecule has 1 aliphatic rings. The second-order valence-corrected chi connectivity index (χ2v) is 6.66. The lowest BCUT2D eigenvalue weighted by Crippen LogP contribution is -2.37. The molecule has 0 aromatic heterocycles. The van der Waals surface area contributed by atoms with Crippen molar-refractivity contribution in [2.45, 2.75) is 25.9 Å². The van der Waals surface area contributed by atoms with Gasteiger partial charge in [-0.05, 0) is 61.8 Å². The van der Waals surface area contributed by atoms with E-state index in [9.17, 15) is 4.79 Å². The largest absolute Gasteiger partial charge is 0.484 e. The molecule has 0 radical (unpaired) electrons. The van der Waals surface area contributed by atoms with Gasteiger partial charge in [0, 0.05) is 27.2 Å². The van der Waals surface area contributed by atoms with Crippen molar-refractivity contribution in [3.05, 3.63) is 29.8 Å². The summed E-state index contributed by atoms with van der Waals surface area (Å²) in [5.41, 5.74) is 4.57. The van der Waals surface area contributed by atoms with Crippen LogP contribution in [0.15, 0.2) is 29.4 Å². The molecule has 26 heavy (non-hydrogen) atoms. The van der Waals surface area contributed by atoms with Gasteiger partial charge < -0.3 is 19.7 Å². The zero-order valence-corrected chi connectivity index (χ0v) is 16.3. The number of likely N-dealkylation sites (N-methyl/N-ethyl adjacent to an activating group) is 1. The van der Waals surface area contributed by atoms with Crippen molar-refractivity contribution in [2.24, 2.45) is 5.10 Å². The lowest BCUT2D eigenvalue weighted by molar-refractivity contribution is -0.130. The number of rotatable bonds is 7. The van der Waals surface area contributed by atoms with Crippen LogP contribution in [0.5, 0.6) is 5.75 Å². The van der Waals surface area contributed by atoms with E-state index in [4.69, 9.17) is 21.7 Å². The van der Waals surface area contributed by atoms with Crippen LogP contribution in [0.4, 0.5) is 0 Å². The fraction of sp³-hybridized carbons (Fsp3) is 0.500. The Morgan fingerprint density at radius 1 is 1.38 bits per heavy atom. The molecule has 1 heterocycles. The molecule has 0 saturated carbocycles. The Morgan fingerprint density at radius 3 is 2.73 bits per heavy atom. The Morgan fingerprint density at radius 2 is 2.12 bits per heavy atom. The summed E-state index contributed by atoms with van der Waals surface area (Å²) in [5.74, 6) is 0.554. The van der Waals surface area contributed by atoms with E-state index in [1.165, 1.54) is 4.90 Å². The SMILES string of the molecule is CC(=NNC(=S)NCC1CCCO1)c1ccc(OCC(=O)N(C)C)cc1. The highest BCUT2D eigenvalue weighted by Gasteiger charge is 2.15. The number of thiocarbonyl (C=S) groups is 1. The monoisotopic (exact) mass is 378 g/mol. The van der Waals surface area contributed by atoms with Gasteiger partial charge >= 0.3 is 0 Å². The van der Waals surface area contributed by atoms with Crippen molar-refractivity contribution in [2.75, 3.05) is 33.9 Å². The minimum absolute atomic E-state index is 0.0195. The van der Waals surface area contributed by atoms with E-state index in [0.717, 1.165) is 30.7 Å². The summed E-state index contributed by atoms with van der Waals surface area (Å²) in [6.45, 7) is 3.43. The van der Waals surface area contributed by atoms with Gasteiger partial charge in [-0.25, -0.2) is 0 Å². The van der Waals surface area contributed by atoms with E-state index in [0.29, 0.717) is 17.4 Å². The molecule has 7 nitrogen and oxygen atoms in total. The highest BCUT2D eigenvalue weighted by molar-refractivity contribution is 7.80. The molecular formula is C18H26N4O3S. The number of carbonyl (C=O) groups is 1. The quantitative estimate of drug-likeness (QED) is 0.426. The Bertz CT molecular complexity index is 640. The van der Waals surface area contributed by atoms with E-state index in [-0.39, 0.29) is 18.6 Å². The van der Waals surface area contributed by atoms with Crippen molar-refractivity contribution >= 4 is 28.9 Å². The van der Waals surface area contributed by atoms with Gasteiger partial charge in [-0.15, -0.1) is 0 Å². The van der Waals surface area contributed by atoms with Crippen LogP contribution in [0.25, 0.3) is 0 Å². The molecule has 0 aliphatic carbocycles. The molecule has 1 atom stereocenters. The zero-order valence-electron chi connectivity index (χ0n) is 15.4. The summed E-state index contributed by atoms with van der Waals surface area (Å²) < 4.78 is 11.0. The second-order valence-electron chi connectivity index (χ2n) is 6.26. The van der Waals surface area contributed by atoms with Gasteiger partial charge in [0.1, 0.15) is 5.75 Å². The van der Waals surface area contributed by atoms with Crippen molar-refractivity contribution in [1.82, 2.24) is 15.6 Å². The lowest BCUT2D eigenvalue weighted by atomic mass is 10.1. The summed E-state index contributed by atoms with van der Waals surface area (Å²) >= 11 is 5.22. The van der Waals surface area contributed by atoms with Gasteiger partial charge in [-0.1, -0.05) is 0 Å². The second kappa shape index (κ2) is 10.1. The van der Waals surface area contributed by atoms with Crippen LogP contribution in [-0.2, 0) is 9.53 Å². The summed E-state index contributed by atoms with van der Waals surface area (Å²) in [4.78, 5) is 13.0. The van der Waals surface area contributed by atoms with Crippen LogP contribution in [-0.4, -0.2) is 61.6 Å².